The molecule has 0 aromatic carbocycles. The Hall–Kier alpha value is -0.830. The number of ether oxygens (including phenoxy) is 2. The maximum atomic E-state index is 12.2. The van der Waals surface area contributed by atoms with Gasteiger partial charge in [0.05, 0.1) is 12.2 Å². The maximum Gasteiger partial charge on any atom is 0.315 e. The lowest BCUT2D eigenvalue weighted by Gasteiger charge is -2.25. The van der Waals surface area contributed by atoms with Crippen LogP contribution in [-0.4, -0.2) is 23.8 Å². The van der Waals surface area contributed by atoms with Crippen molar-refractivity contribution in [3.05, 3.63) is 12.2 Å². The number of carbonyl (C=O) groups excluding carboxylic acids is 1. The molecule has 0 N–H and O–H groups in total. The quantitative estimate of drug-likeness (QED) is 0.462. The van der Waals surface area contributed by atoms with Crippen molar-refractivity contribution in [3.63, 3.8) is 0 Å². The Morgan fingerprint density at radius 2 is 2.06 bits per heavy atom. The maximum absolute atomic E-state index is 12.2. The Balaban J connectivity index is 1.71. The SMILES string of the molecule is O=C1OC2(CCCC2)CC12CC1C=CC2O1. The molecule has 3 unspecified atom stereocenters. The summed E-state index contributed by atoms with van der Waals surface area (Å²) in [6, 6.07) is 0. The van der Waals surface area contributed by atoms with Gasteiger partial charge in [0.2, 0.25) is 0 Å². The lowest BCUT2D eigenvalue weighted by atomic mass is 9.72. The van der Waals surface area contributed by atoms with Gasteiger partial charge in [-0.05, 0) is 32.1 Å². The summed E-state index contributed by atoms with van der Waals surface area (Å²) >= 11 is 0. The van der Waals surface area contributed by atoms with Gasteiger partial charge in [-0.2, -0.15) is 0 Å². The van der Waals surface area contributed by atoms with E-state index in [4.69, 9.17) is 9.47 Å². The van der Waals surface area contributed by atoms with Gasteiger partial charge in [-0.15, -0.1) is 0 Å². The van der Waals surface area contributed by atoms with Crippen LogP contribution in [0.1, 0.15) is 38.5 Å². The van der Waals surface area contributed by atoms with Gasteiger partial charge in [-0.3, -0.25) is 4.79 Å². The minimum absolute atomic E-state index is 0.00579. The minimum atomic E-state index is -0.330. The molecule has 3 heteroatoms. The zero-order valence-electron chi connectivity index (χ0n) is 9.28. The van der Waals surface area contributed by atoms with E-state index in [2.05, 4.69) is 12.2 Å². The fourth-order valence-electron chi connectivity index (χ4n) is 4.06. The van der Waals surface area contributed by atoms with Crippen molar-refractivity contribution in [1.82, 2.24) is 0 Å². The van der Waals surface area contributed by atoms with Crippen LogP contribution in [-0.2, 0) is 14.3 Å². The Kier molecular flexibility index (Phi) is 1.56. The second-order valence-corrected chi connectivity index (χ2v) is 5.80. The predicted octanol–water partition coefficient (Wildman–Crippen LogP) is 1.96. The number of esters is 1. The van der Waals surface area contributed by atoms with Gasteiger partial charge in [0.1, 0.15) is 11.0 Å². The van der Waals surface area contributed by atoms with Crippen molar-refractivity contribution >= 4 is 5.97 Å². The van der Waals surface area contributed by atoms with Crippen LogP contribution in [0.2, 0.25) is 0 Å². The lowest BCUT2D eigenvalue weighted by molar-refractivity contribution is -0.154. The standard InChI is InChI=1S/C13H16O3/c14-11-13(7-9-3-4-10(13)15-9)8-12(16-11)5-1-2-6-12/h3-4,9-10H,1-2,5-8H2. The zero-order chi connectivity index (χ0) is 10.8. The highest BCUT2D eigenvalue weighted by Gasteiger charge is 2.65. The molecular formula is C13H16O3. The van der Waals surface area contributed by atoms with Crippen LogP contribution in [0.4, 0.5) is 0 Å². The van der Waals surface area contributed by atoms with Crippen LogP contribution >= 0.6 is 0 Å². The van der Waals surface area contributed by atoms with E-state index in [-0.39, 0.29) is 29.2 Å². The zero-order valence-corrected chi connectivity index (χ0v) is 9.28. The van der Waals surface area contributed by atoms with Gasteiger partial charge in [0, 0.05) is 6.42 Å². The van der Waals surface area contributed by atoms with Gasteiger partial charge < -0.3 is 9.47 Å². The molecule has 16 heavy (non-hydrogen) atoms. The van der Waals surface area contributed by atoms with Crippen molar-refractivity contribution < 1.29 is 14.3 Å². The number of rotatable bonds is 0. The molecule has 3 nitrogen and oxygen atoms in total. The fraction of sp³-hybridized carbons (Fsp3) is 0.769. The first kappa shape index (κ1) is 9.23. The molecule has 4 rings (SSSR count). The van der Waals surface area contributed by atoms with Crippen molar-refractivity contribution in [2.45, 2.75) is 56.3 Å². The first-order valence-electron chi connectivity index (χ1n) is 6.30. The Morgan fingerprint density at radius 3 is 2.69 bits per heavy atom. The third kappa shape index (κ3) is 0.956. The Bertz CT molecular complexity index is 381. The summed E-state index contributed by atoms with van der Waals surface area (Å²) < 4.78 is 11.5. The molecule has 3 fully saturated rings. The largest absolute Gasteiger partial charge is 0.459 e. The highest BCUT2D eigenvalue weighted by atomic mass is 16.6. The van der Waals surface area contributed by atoms with Crippen molar-refractivity contribution in [3.8, 4) is 0 Å². The molecule has 3 aliphatic heterocycles. The van der Waals surface area contributed by atoms with Gasteiger partial charge in [-0.25, -0.2) is 0 Å². The third-order valence-electron chi connectivity index (χ3n) is 4.80. The van der Waals surface area contributed by atoms with Crippen LogP contribution in [0.5, 0.6) is 0 Å². The number of carbonyl (C=O) groups is 1. The number of hydrogen-bond acceptors (Lipinski definition) is 3. The van der Waals surface area contributed by atoms with Crippen molar-refractivity contribution in [2.75, 3.05) is 0 Å². The summed E-state index contributed by atoms with van der Waals surface area (Å²) in [5, 5.41) is 0. The molecule has 0 aromatic heterocycles. The number of fused-ring (bicyclic) bond motifs is 3. The van der Waals surface area contributed by atoms with E-state index in [9.17, 15) is 4.79 Å². The third-order valence-corrected chi connectivity index (χ3v) is 4.80. The Labute approximate surface area is 94.8 Å². The molecule has 4 aliphatic rings. The summed E-state index contributed by atoms with van der Waals surface area (Å²) in [5.41, 5.74) is -0.456. The van der Waals surface area contributed by atoms with Gasteiger partial charge in [-0.1, -0.05) is 12.2 Å². The first-order valence-corrected chi connectivity index (χ1v) is 6.30. The molecule has 1 aliphatic carbocycles. The molecule has 1 saturated carbocycles. The molecule has 3 heterocycles. The second kappa shape index (κ2) is 2.70. The average Bonchev–Trinajstić information content (AvgIpc) is 2.96. The van der Waals surface area contributed by atoms with E-state index in [1.165, 1.54) is 12.8 Å². The van der Waals surface area contributed by atoms with E-state index < -0.39 is 0 Å². The topological polar surface area (TPSA) is 35.5 Å². The molecule has 3 atom stereocenters. The van der Waals surface area contributed by atoms with Crippen molar-refractivity contribution in [1.29, 1.82) is 0 Å². The monoisotopic (exact) mass is 220 g/mol. The molecule has 2 saturated heterocycles. The lowest BCUT2D eigenvalue weighted by Crippen LogP contribution is -2.35. The highest BCUT2D eigenvalue weighted by molar-refractivity contribution is 5.82. The van der Waals surface area contributed by atoms with E-state index >= 15 is 0 Å². The predicted molar refractivity (Wildman–Crippen MR) is 56.8 cm³/mol. The van der Waals surface area contributed by atoms with Gasteiger partial charge in [0.25, 0.3) is 0 Å². The van der Waals surface area contributed by atoms with Gasteiger partial charge in [0.15, 0.2) is 0 Å². The van der Waals surface area contributed by atoms with Crippen LogP contribution in [0.25, 0.3) is 0 Å². The molecule has 0 radical (unpaired) electrons. The molecule has 86 valence electrons. The van der Waals surface area contributed by atoms with Gasteiger partial charge >= 0.3 is 5.97 Å². The molecular weight excluding hydrogens is 204 g/mol. The first-order chi connectivity index (χ1) is 7.73. The highest BCUT2D eigenvalue weighted by Crippen LogP contribution is 2.57. The van der Waals surface area contributed by atoms with Crippen molar-refractivity contribution in [2.24, 2.45) is 5.41 Å². The summed E-state index contributed by atoms with van der Waals surface area (Å²) in [7, 11) is 0. The van der Waals surface area contributed by atoms with Crippen LogP contribution < -0.4 is 0 Å². The summed E-state index contributed by atoms with van der Waals surface area (Å²) in [6.07, 6.45) is 10.6. The Morgan fingerprint density at radius 1 is 1.25 bits per heavy atom. The second-order valence-electron chi connectivity index (χ2n) is 5.80. The smallest absolute Gasteiger partial charge is 0.315 e. The van der Waals surface area contributed by atoms with E-state index in [0.717, 1.165) is 25.7 Å². The number of hydrogen-bond donors (Lipinski definition) is 0. The van der Waals surface area contributed by atoms with E-state index in [1.54, 1.807) is 0 Å². The van der Waals surface area contributed by atoms with Crippen LogP contribution in [0, 0.1) is 5.41 Å². The minimum Gasteiger partial charge on any atom is -0.459 e. The summed E-state index contributed by atoms with van der Waals surface area (Å²) in [4.78, 5) is 12.2. The molecule has 0 amide bonds. The average molecular weight is 220 g/mol. The summed E-state index contributed by atoms with van der Waals surface area (Å²) in [5.74, 6) is 0.00579. The normalized spacial score (nSPS) is 47.4. The summed E-state index contributed by atoms with van der Waals surface area (Å²) in [6.45, 7) is 0. The molecule has 0 aromatic rings. The fourth-order valence-corrected chi connectivity index (χ4v) is 4.06. The molecule has 2 bridgehead atoms. The van der Waals surface area contributed by atoms with E-state index in [0.29, 0.717) is 0 Å². The van der Waals surface area contributed by atoms with E-state index in [1.807, 2.05) is 0 Å². The van der Waals surface area contributed by atoms with Crippen LogP contribution in [0.3, 0.4) is 0 Å². The molecule has 2 spiro atoms. The van der Waals surface area contributed by atoms with Crippen LogP contribution in [0.15, 0.2) is 12.2 Å².